The highest BCUT2D eigenvalue weighted by atomic mass is 19.1. The van der Waals surface area contributed by atoms with Gasteiger partial charge in [-0.3, -0.25) is 0 Å². The second-order valence-electron chi connectivity index (χ2n) is 11.7. The number of hydrogen-bond donors (Lipinski definition) is 2. The molecule has 0 heterocycles. The molecule has 0 aliphatic heterocycles. The van der Waals surface area contributed by atoms with Gasteiger partial charge >= 0.3 is 0 Å². The van der Waals surface area contributed by atoms with Crippen LogP contribution in [0, 0.1) is 23.2 Å². The van der Waals surface area contributed by atoms with Crippen LogP contribution in [0.15, 0.2) is 35.5 Å². The number of hydrogen-bond acceptors (Lipinski definition) is 2. The summed E-state index contributed by atoms with van der Waals surface area (Å²) in [5.41, 5.74) is 2.66. The van der Waals surface area contributed by atoms with Crippen LogP contribution in [-0.4, -0.2) is 28.1 Å². The Bertz CT molecular complexity index is 700. The number of allylic oxidation sites excluding steroid dienone is 3. The largest absolute Gasteiger partial charge is 0.393 e. The number of halogens is 1. The first-order valence-electron chi connectivity index (χ1n) is 12.6. The van der Waals surface area contributed by atoms with E-state index in [1.54, 1.807) is 19.4 Å². The Morgan fingerprint density at radius 2 is 2.00 bits per heavy atom. The molecule has 3 aliphatic carbocycles. The molecular formula is C28H45FO2. The molecule has 0 aromatic rings. The van der Waals surface area contributed by atoms with Crippen LogP contribution in [0.4, 0.5) is 4.39 Å². The van der Waals surface area contributed by atoms with E-state index in [0.29, 0.717) is 36.5 Å². The molecule has 3 fully saturated rings. The minimum Gasteiger partial charge on any atom is -0.393 e. The Morgan fingerprint density at radius 3 is 2.71 bits per heavy atom. The van der Waals surface area contributed by atoms with Gasteiger partial charge in [-0.1, -0.05) is 51.0 Å². The van der Waals surface area contributed by atoms with Crippen LogP contribution in [0.3, 0.4) is 0 Å². The maximum absolute atomic E-state index is 13.8. The van der Waals surface area contributed by atoms with Crippen molar-refractivity contribution in [3.8, 4) is 0 Å². The van der Waals surface area contributed by atoms with Gasteiger partial charge in [0.15, 0.2) is 0 Å². The van der Waals surface area contributed by atoms with Crippen LogP contribution in [0.25, 0.3) is 0 Å². The van der Waals surface area contributed by atoms with E-state index < -0.39 is 17.9 Å². The first-order valence-corrected chi connectivity index (χ1v) is 12.6. The van der Waals surface area contributed by atoms with Gasteiger partial charge in [-0.15, -0.1) is 0 Å². The molecule has 3 saturated carbocycles. The molecule has 31 heavy (non-hydrogen) atoms. The molecule has 176 valence electrons. The Kier molecular flexibility index (Phi) is 7.90. The smallest absolute Gasteiger partial charge is 0.105 e. The van der Waals surface area contributed by atoms with E-state index in [0.717, 1.165) is 36.3 Å². The second-order valence-corrected chi connectivity index (χ2v) is 11.7. The highest BCUT2D eigenvalue weighted by Gasteiger charge is 2.49. The summed E-state index contributed by atoms with van der Waals surface area (Å²) < 4.78 is 13.8. The Labute approximate surface area is 189 Å². The lowest BCUT2D eigenvalue weighted by molar-refractivity contribution is 0.0862. The SMILES string of the molecule is C=C1/C(=C\C=C2/CCCC3(C)C(CC(C)CCCC(C)(C)F)CCC23)CC(O)CC1O. The zero-order valence-corrected chi connectivity index (χ0v) is 20.3. The summed E-state index contributed by atoms with van der Waals surface area (Å²) in [5.74, 6) is 2.07. The zero-order chi connectivity index (χ0) is 22.8. The topological polar surface area (TPSA) is 40.5 Å². The van der Waals surface area contributed by atoms with Gasteiger partial charge in [0, 0.05) is 6.42 Å². The average molecular weight is 433 g/mol. The maximum Gasteiger partial charge on any atom is 0.105 e. The van der Waals surface area contributed by atoms with E-state index in [4.69, 9.17) is 0 Å². The molecule has 0 bridgehead atoms. The first-order chi connectivity index (χ1) is 14.5. The van der Waals surface area contributed by atoms with Crippen LogP contribution in [0.1, 0.15) is 98.3 Å². The molecule has 3 heteroatoms. The van der Waals surface area contributed by atoms with Crippen molar-refractivity contribution < 1.29 is 14.6 Å². The number of aliphatic hydroxyl groups excluding tert-OH is 2. The monoisotopic (exact) mass is 432 g/mol. The van der Waals surface area contributed by atoms with Gasteiger partial charge in [-0.25, -0.2) is 4.39 Å². The molecule has 6 atom stereocenters. The third kappa shape index (κ3) is 6.11. The predicted octanol–water partition coefficient (Wildman–Crippen LogP) is 7.07. The third-order valence-corrected chi connectivity index (χ3v) is 8.58. The summed E-state index contributed by atoms with van der Waals surface area (Å²) in [4.78, 5) is 0. The molecule has 2 N–H and O–H groups in total. The molecule has 2 nitrogen and oxygen atoms in total. The van der Waals surface area contributed by atoms with Crippen molar-refractivity contribution in [2.24, 2.45) is 23.2 Å². The standard InChI is InChI=1S/C28H45FO2/c1-19(8-6-14-27(3,4)29)16-23-12-13-25-21(9-7-15-28(23,25)5)10-11-22-17-24(30)18-26(31)20(22)2/h10-11,19,23-26,30-31H,2,6-9,12-18H2,1,3-5H3/b21-10+,22-11-. The summed E-state index contributed by atoms with van der Waals surface area (Å²) in [6, 6.07) is 0. The summed E-state index contributed by atoms with van der Waals surface area (Å²) in [7, 11) is 0. The van der Waals surface area contributed by atoms with Crippen molar-refractivity contribution in [3.63, 3.8) is 0 Å². The third-order valence-electron chi connectivity index (χ3n) is 8.58. The number of alkyl halides is 1. The maximum atomic E-state index is 13.8. The zero-order valence-electron chi connectivity index (χ0n) is 20.3. The predicted molar refractivity (Wildman–Crippen MR) is 128 cm³/mol. The molecule has 0 amide bonds. The van der Waals surface area contributed by atoms with Crippen molar-refractivity contribution in [3.05, 3.63) is 35.5 Å². The molecule has 0 saturated heterocycles. The van der Waals surface area contributed by atoms with E-state index in [2.05, 4.69) is 32.6 Å². The van der Waals surface area contributed by atoms with Crippen molar-refractivity contribution in [1.29, 1.82) is 0 Å². The highest BCUT2D eigenvalue weighted by Crippen LogP contribution is 2.59. The number of aliphatic hydroxyl groups is 2. The van der Waals surface area contributed by atoms with Gasteiger partial charge in [0.2, 0.25) is 0 Å². The average Bonchev–Trinajstić information content (AvgIpc) is 2.99. The molecule has 3 aliphatic rings. The lowest BCUT2D eigenvalue weighted by Gasteiger charge is -2.43. The Hall–Kier alpha value is -0.930. The van der Waals surface area contributed by atoms with Gasteiger partial charge in [0.25, 0.3) is 0 Å². The summed E-state index contributed by atoms with van der Waals surface area (Å²) in [6.07, 6.45) is 14.7. The van der Waals surface area contributed by atoms with Crippen molar-refractivity contribution in [2.45, 2.75) is 116 Å². The minimum atomic E-state index is -1.04. The second kappa shape index (κ2) is 9.91. The summed E-state index contributed by atoms with van der Waals surface area (Å²) in [5, 5.41) is 20.2. The van der Waals surface area contributed by atoms with Crippen molar-refractivity contribution in [1.82, 2.24) is 0 Å². The van der Waals surface area contributed by atoms with Crippen LogP contribution >= 0.6 is 0 Å². The van der Waals surface area contributed by atoms with Crippen LogP contribution in [0.2, 0.25) is 0 Å². The molecule has 0 aromatic carbocycles. The van der Waals surface area contributed by atoms with Crippen LogP contribution in [-0.2, 0) is 0 Å². The Morgan fingerprint density at radius 1 is 1.26 bits per heavy atom. The van der Waals surface area contributed by atoms with Gasteiger partial charge in [0.05, 0.1) is 12.2 Å². The molecule has 3 rings (SSSR count). The first kappa shape index (κ1) is 24.7. The van der Waals surface area contributed by atoms with E-state index >= 15 is 0 Å². The van der Waals surface area contributed by atoms with E-state index in [1.807, 2.05) is 0 Å². The summed E-state index contributed by atoms with van der Waals surface area (Å²) >= 11 is 0. The number of rotatable bonds is 7. The lowest BCUT2D eigenvalue weighted by atomic mass is 9.62. The van der Waals surface area contributed by atoms with Gasteiger partial charge in [-0.05, 0) is 99.5 Å². The van der Waals surface area contributed by atoms with Crippen molar-refractivity contribution >= 4 is 0 Å². The van der Waals surface area contributed by atoms with Gasteiger partial charge in [-0.2, -0.15) is 0 Å². The van der Waals surface area contributed by atoms with Gasteiger partial charge < -0.3 is 10.2 Å². The molecule has 0 spiro atoms. The Balaban J connectivity index is 1.64. The highest BCUT2D eigenvalue weighted by molar-refractivity contribution is 5.38. The minimum absolute atomic E-state index is 0.374. The normalized spacial score (nSPS) is 38.0. The van der Waals surface area contributed by atoms with Crippen molar-refractivity contribution in [2.75, 3.05) is 0 Å². The van der Waals surface area contributed by atoms with E-state index in [9.17, 15) is 14.6 Å². The summed E-state index contributed by atoms with van der Waals surface area (Å²) in [6.45, 7) is 12.3. The number of fused-ring (bicyclic) bond motifs is 1. The fourth-order valence-corrected chi connectivity index (χ4v) is 6.67. The lowest BCUT2D eigenvalue weighted by Crippen LogP contribution is -2.34. The van der Waals surface area contributed by atoms with Crippen LogP contribution < -0.4 is 0 Å². The fraction of sp³-hybridized carbons (Fsp3) is 0.786. The molecular weight excluding hydrogens is 387 g/mol. The quantitative estimate of drug-likeness (QED) is 0.451. The van der Waals surface area contributed by atoms with E-state index in [1.165, 1.54) is 32.1 Å². The molecule has 0 radical (unpaired) electrons. The van der Waals surface area contributed by atoms with Gasteiger partial charge in [0.1, 0.15) is 5.67 Å². The fourth-order valence-electron chi connectivity index (χ4n) is 6.67. The van der Waals surface area contributed by atoms with E-state index in [-0.39, 0.29) is 0 Å². The molecule has 6 unspecified atom stereocenters. The van der Waals surface area contributed by atoms with Crippen LogP contribution in [0.5, 0.6) is 0 Å². The molecule has 0 aromatic heterocycles.